The van der Waals surface area contributed by atoms with Gasteiger partial charge in [-0.2, -0.15) is 0 Å². The quantitative estimate of drug-likeness (QED) is 0.722. The molecule has 0 aliphatic carbocycles. The number of rotatable bonds is 8. The molecule has 4 nitrogen and oxygen atoms in total. The predicted octanol–water partition coefficient (Wildman–Crippen LogP) is 4.85. The molecule has 0 aromatic carbocycles. The van der Waals surface area contributed by atoms with Crippen LogP contribution in [0.3, 0.4) is 0 Å². The number of nitrogens with zero attached hydrogens (tertiary/aromatic N) is 2. The molecule has 0 aliphatic rings. The zero-order valence-corrected chi connectivity index (χ0v) is 15.7. The third-order valence-electron chi connectivity index (χ3n) is 3.74. The second-order valence-electron chi connectivity index (χ2n) is 5.41. The average molecular weight is 358 g/mol. The van der Waals surface area contributed by atoms with E-state index >= 15 is 0 Å². The van der Waals surface area contributed by atoms with Crippen LogP contribution in [0.25, 0.3) is 0 Å². The van der Waals surface area contributed by atoms with Crippen LogP contribution in [0.4, 0.5) is 5.82 Å². The maximum absolute atomic E-state index is 6.05. The molecule has 0 radical (unpaired) electrons. The SMILES string of the molecule is CCNc1nc(C(CC)(CC)OCC)nc(C(C)C)c1Br. The number of aromatic nitrogens is 2. The molecule has 0 spiro atoms. The zero-order chi connectivity index (χ0) is 16.0. The highest BCUT2D eigenvalue weighted by atomic mass is 79.9. The Bertz CT molecular complexity index is 459. The number of hydrogen-bond donors (Lipinski definition) is 1. The maximum atomic E-state index is 6.05. The number of ether oxygens (including phenoxy) is 1. The monoisotopic (exact) mass is 357 g/mol. The Kier molecular flexibility index (Phi) is 7.07. The molecular weight excluding hydrogens is 330 g/mol. The first kappa shape index (κ1) is 18.4. The van der Waals surface area contributed by atoms with E-state index < -0.39 is 5.60 Å². The lowest BCUT2D eigenvalue weighted by Crippen LogP contribution is -2.32. The first-order valence-corrected chi connectivity index (χ1v) is 8.70. The molecule has 5 heteroatoms. The Morgan fingerprint density at radius 1 is 1.14 bits per heavy atom. The third kappa shape index (κ3) is 3.95. The molecule has 1 heterocycles. The standard InChI is InChI=1S/C16H28BrN3O/c1-7-16(8-2,21-10-4)15-19-13(11(5)6)12(17)14(20-15)18-9-3/h11H,7-10H2,1-6H3,(H,18,19,20). The van der Waals surface area contributed by atoms with E-state index in [2.05, 4.69) is 55.9 Å². The smallest absolute Gasteiger partial charge is 0.162 e. The van der Waals surface area contributed by atoms with E-state index in [-0.39, 0.29) is 0 Å². The largest absolute Gasteiger partial charge is 0.369 e. The van der Waals surface area contributed by atoms with E-state index in [1.165, 1.54) is 0 Å². The van der Waals surface area contributed by atoms with Crippen LogP contribution in [0.1, 0.15) is 71.8 Å². The van der Waals surface area contributed by atoms with Crippen molar-refractivity contribution in [1.82, 2.24) is 9.97 Å². The minimum Gasteiger partial charge on any atom is -0.369 e. The lowest BCUT2D eigenvalue weighted by Gasteiger charge is -2.31. The van der Waals surface area contributed by atoms with Gasteiger partial charge in [-0.05, 0) is 48.5 Å². The molecule has 0 saturated carbocycles. The number of anilines is 1. The molecule has 0 fully saturated rings. The molecule has 1 rings (SSSR count). The fraction of sp³-hybridized carbons (Fsp3) is 0.750. The van der Waals surface area contributed by atoms with E-state index in [0.29, 0.717) is 12.5 Å². The molecule has 120 valence electrons. The number of nitrogens with one attached hydrogen (secondary N) is 1. The minimum atomic E-state index is -0.400. The van der Waals surface area contributed by atoms with Crippen molar-refractivity contribution in [2.45, 2.75) is 65.9 Å². The van der Waals surface area contributed by atoms with Crippen LogP contribution < -0.4 is 5.32 Å². The van der Waals surface area contributed by atoms with Crippen molar-refractivity contribution < 1.29 is 4.74 Å². The number of halogens is 1. The highest BCUT2D eigenvalue weighted by molar-refractivity contribution is 9.10. The summed E-state index contributed by atoms with van der Waals surface area (Å²) in [5.41, 5.74) is 0.630. The van der Waals surface area contributed by atoms with Crippen LogP contribution >= 0.6 is 15.9 Å². The summed E-state index contributed by atoms with van der Waals surface area (Å²) >= 11 is 3.64. The molecule has 0 amide bonds. The highest BCUT2D eigenvalue weighted by Crippen LogP contribution is 2.36. The Morgan fingerprint density at radius 3 is 2.19 bits per heavy atom. The van der Waals surface area contributed by atoms with E-state index in [4.69, 9.17) is 14.7 Å². The van der Waals surface area contributed by atoms with Crippen LogP contribution in [0.5, 0.6) is 0 Å². The molecule has 1 aromatic rings. The van der Waals surface area contributed by atoms with Crippen molar-refractivity contribution in [2.75, 3.05) is 18.5 Å². The van der Waals surface area contributed by atoms with Crippen molar-refractivity contribution in [1.29, 1.82) is 0 Å². The van der Waals surface area contributed by atoms with Crippen LogP contribution in [0.2, 0.25) is 0 Å². The molecule has 0 saturated heterocycles. The zero-order valence-electron chi connectivity index (χ0n) is 14.1. The summed E-state index contributed by atoms with van der Waals surface area (Å²) in [6.07, 6.45) is 1.73. The molecular formula is C16H28BrN3O. The summed E-state index contributed by atoms with van der Waals surface area (Å²) in [7, 11) is 0. The van der Waals surface area contributed by atoms with E-state index in [1.807, 2.05) is 6.92 Å². The summed E-state index contributed by atoms with van der Waals surface area (Å²) in [5.74, 6) is 1.97. The van der Waals surface area contributed by atoms with Gasteiger partial charge in [-0.3, -0.25) is 0 Å². The number of hydrogen-bond acceptors (Lipinski definition) is 4. The van der Waals surface area contributed by atoms with Gasteiger partial charge in [-0.25, -0.2) is 9.97 Å². The van der Waals surface area contributed by atoms with E-state index in [0.717, 1.165) is 41.2 Å². The average Bonchev–Trinajstić information content (AvgIpc) is 2.47. The van der Waals surface area contributed by atoms with Crippen molar-refractivity contribution >= 4 is 21.7 Å². The van der Waals surface area contributed by atoms with Gasteiger partial charge in [-0.15, -0.1) is 0 Å². The fourth-order valence-electron chi connectivity index (χ4n) is 2.45. The Hall–Kier alpha value is -0.680. The second kappa shape index (κ2) is 8.08. The third-order valence-corrected chi connectivity index (χ3v) is 4.52. The Balaban J connectivity index is 3.46. The summed E-state index contributed by atoms with van der Waals surface area (Å²) in [5, 5.41) is 3.32. The summed E-state index contributed by atoms with van der Waals surface area (Å²) < 4.78 is 7.01. The van der Waals surface area contributed by atoms with Gasteiger partial charge in [0.25, 0.3) is 0 Å². The van der Waals surface area contributed by atoms with Gasteiger partial charge >= 0.3 is 0 Å². The lowest BCUT2D eigenvalue weighted by atomic mass is 9.95. The summed E-state index contributed by atoms with van der Waals surface area (Å²) in [6, 6.07) is 0. The fourth-order valence-corrected chi connectivity index (χ4v) is 3.22. The molecule has 0 bridgehead atoms. The van der Waals surface area contributed by atoms with E-state index in [1.54, 1.807) is 0 Å². The molecule has 0 atom stereocenters. The van der Waals surface area contributed by atoms with Gasteiger partial charge in [-0.1, -0.05) is 27.7 Å². The summed E-state index contributed by atoms with van der Waals surface area (Å²) in [6.45, 7) is 14.1. The predicted molar refractivity (Wildman–Crippen MR) is 91.9 cm³/mol. The van der Waals surface area contributed by atoms with Crippen LogP contribution in [-0.2, 0) is 10.3 Å². The second-order valence-corrected chi connectivity index (χ2v) is 6.21. The normalized spacial score (nSPS) is 12.0. The lowest BCUT2D eigenvalue weighted by molar-refractivity contribution is -0.0572. The van der Waals surface area contributed by atoms with Gasteiger partial charge in [0.05, 0.1) is 10.2 Å². The van der Waals surface area contributed by atoms with Crippen molar-refractivity contribution in [3.05, 3.63) is 16.0 Å². The molecule has 1 N–H and O–H groups in total. The van der Waals surface area contributed by atoms with Gasteiger partial charge in [0, 0.05) is 13.2 Å². The minimum absolute atomic E-state index is 0.326. The van der Waals surface area contributed by atoms with Crippen LogP contribution in [-0.4, -0.2) is 23.1 Å². The van der Waals surface area contributed by atoms with Crippen LogP contribution in [0, 0.1) is 0 Å². The van der Waals surface area contributed by atoms with Gasteiger partial charge in [0.2, 0.25) is 0 Å². The molecule has 0 aliphatic heterocycles. The van der Waals surface area contributed by atoms with Gasteiger partial charge < -0.3 is 10.1 Å². The molecule has 1 aromatic heterocycles. The van der Waals surface area contributed by atoms with Crippen molar-refractivity contribution in [3.8, 4) is 0 Å². The van der Waals surface area contributed by atoms with Crippen molar-refractivity contribution in [2.24, 2.45) is 0 Å². The summed E-state index contributed by atoms with van der Waals surface area (Å²) in [4.78, 5) is 9.57. The van der Waals surface area contributed by atoms with Crippen molar-refractivity contribution in [3.63, 3.8) is 0 Å². The topological polar surface area (TPSA) is 47.0 Å². The van der Waals surface area contributed by atoms with E-state index in [9.17, 15) is 0 Å². The molecule has 0 unspecified atom stereocenters. The van der Waals surface area contributed by atoms with Crippen LogP contribution in [0.15, 0.2) is 4.47 Å². The Morgan fingerprint density at radius 2 is 1.76 bits per heavy atom. The van der Waals surface area contributed by atoms with Gasteiger partial charge in [0.15, 0.2) is 5.82 Å². The first-order chi connectivity index (χ1) is 9.95. The van der Waals surface area contributed by atoms with Gasteiger partial charge in [0.1, 0.15) is 11.4 Å². The first-order valence-electron chi connectivity index (χ1n) is 7.91. The Labute approximate surface area is 137 Å². The highest BCUT2D eigenvalue weighted by Gasteiger charge is 2.34. The molecule has 21 heavy (non-hydrogen) atoms. The maximum Gasteiger partial charge on any atom is 0.162 e.